The molecule has 0 saturated heterocycles. The number of hydrogen-bond acceptors (Lipinski definition) is 3. The average molecular weight is 353 g/mol. The second-order valence-electron chi connectivity index (χ2n) is 8.10. The number of benzene rings is 1. The Kier molecular flexibility index (Phi) is 4.78. The van der Waals surface area contributed by atoms with E-state index >= 15 is 0 Å². The number of aromatic amines is 1. The highest BCUT2D eigenvalue weighted by atomic mass is 16.5. The van der Waals surface area contributed by atoms with Crippen LogP contribution in [0.2, 0.25) is 0 Å². The van der Waals surface area contributed by atoms with Crippen LogP contribution in [0.3, 0.4) is 0 Å². The van der Waals surface area contributed by atoms with Crippen molar-refractivity contribution < 1.29 is 14.3 Å². The fourth-order valence-corrected chi connectivity index (χ4v) is 3.73. The van der Waals surface area contributed by atoms with E-state index < -0.39 is 5.97 Å². The number of Topliss-reactive ketones (excluding diaryl/α,β-unsaturated/α-hetero) is 1. The number of nitrogens with one attached hydrogen (secondary N) is 1. The van der Waals surface area contributed by atoms with Crippen LogP contribution in [-0.4, -0.2) is 23.3 Å². The van der Waals surface area contributed by atoms with Gasteiger partial charge in [-0.25, -0.2) is 4.79 Å². The molecule has 0 radical (unpaired) electrons. The molecule has 0 fully saturated rings. The molecule has 1 aromatic heterocycles. The van der Waals surface area contributed by atoms with Crippen molar-refractivity contribution in [1.29, 1.82) is 0 Å². The van der Waals surface area contributed by atoms with Crippen molar-refractivity contribution in [2.75, 3.05) is 6.61 Å². The van der Waals surface area contributed by atoms with Crippen LogP contribution in [0.15, 0.2) is 24.3 Å². The minimum Gasteiger partial charge on any atom is -0.461 e. The number of esters is 1. The Morgan fingerprint density at radius 1 is 1.19 bits per heavy atom. The van der Waals surface area contributed by atoms with Crippen molar-refractivity contribution in [2.24, 2.45) is 0 Å². The Balaban J connectivity index is 1.89. The molecule has 1 aliphatic carbocycles. The largest absolute Gasteiger partial charge is 0.461 e. The quantitative estimate of drug-likeness (QED) is 0.813. The van der Waals surface area contributed by atoms with E-state index in [9.17, 15) is 9.59 Å². The number of carbonyl (C=O) groups excluding carboxylic acids is 2. The van der Waals surface area contributed by atoms with E-state index in [1.165, 1.54) is 11.1 Å². The minimum absolute atomic E-state index is 0.0976. The zero-order chi connectivity index (χ0) is 19.1. The molecular formula is C22H27NO3. The molecule has 1 aliphatic rings. The number of fused-ring (bicyclic) bond motifs is 1. The van der Waals surface area contributed by atoms with Crippen molar-refractivity contribution in [3.05, 3.63) is 57.9 Å². The molecule has 138 valence electrons. The first-order chi connectivity index (χ1) is 12.2. The van der Waals surface area contributed by atoms with Crippen LogP contribution in [0, 0.1) is 6.92 Å². The molecule has 0 spiro atoms. The molecule has 0 saturated carbocycles. The molecule has 2 aromatic rings. The molecule has 4 heteroatoms. The minimum atomic E-state index is -0.390. The van der Waals surface area contributed by atoms with Gasteiger partial charge in [0, 0.05) is 17.7 Å². The van der Waals surface area contributed by atoms with E-state index in [1.807, 2.05) is 6.92 Å². The third kappa shape index (κ3) is 3.33. The number of ketones is 1. The van der Waals surface area contributed by atoms with Gasteiger partial charge in [-0.15, -0.1) is 0 Å². The standard InChI is InChI=1S/C22H27NO3/c1-6-26-21(25)20-13(2)19-17(23-20)11-15(12-18(19)24)14-7-9-16(10-8-14)22(3,4)5/h7-10,15,23H,6,11-12H2,1-5H3. The van der Waals surface area contributed by atoms with Gasteiger partial charge in [-0.3, -0.25) is 4.79 Å². The average Bonchev–Trinajstić information content (AvgIpc) is 2.92. The predicted molar refractivity (Wildman–Crippen MR) is 102 cm³/mol. The van der Waals surface area contributed by atoms with Gasteiger partial charge in [0.05, 0.1) is 6.61 Å². The van der Waals surface area contributed by atoms with Gasteiger partial charge in [-0.05, 0) is 48.3 Å². The van der Waals surface area contributed by atoms with E-state index in [1.54, 1.807) is 6.92 Å². The van der Waals surface area contributed by atoms with Gasteiger partial charge >= 0.3 is 5.97 Å². The Labute approximate surface area is 155 Å². The summed E-state index contributed by atoms with van der Waals surface area (Å²) in [5.74, 6) is -0.157. The lowest BCUT2D eigenvalue weighted by molar-refractivity contribution is 0.0519. The normalized spacial score (nSPS) is 17.1. The summed E-state index contributed by atoms with van der Waals surface area (Å²) in [7, 11) is 0. The molecule has 1 N–H and O–H groups in total. The molecule has 0 bridgehead atoms. The SMILES string of the molecule is CCOC(=O)c1[nH]c2c(c1C)C(=O)CC(c1ccc(C(C)(C)C)cc1)C2. The lowest BCUT2D eigenvalue weighted by atomic mass is 9.80. The smallest absolute Gasteiger partial charge is 0.355 e. The molecule has 1 unspecified atom stereocenters. The summed E-state index contributed by atoms with van der Waals surface area (Å²) in [6.07, 6.45) is 1.21. The molecule has 1 heterocycles. The second kappa shape index (κ2) is 6.75. The zero-order valence-electron chi connectivity index (χ0n) is 16.2. The van der Waals surface area contributed by atoms with E-state index in [4.69, 9.17) is 4.74 Å². The van der Waals surface area contributed by atoms with Gasteiger partial charge in [0.25, 0.3) is 0 Å². The van der Waals surface area contributed by atoms with Crippen molar-refractivity contribution >= 4 is 11.8 Å². The summed E-state index contributed by atoms with van der Waals surface area (Å²) in [4.78, 5) is 28.0. The lowest BCUT2D eigenvalue weighted by Crippen LogP contribution is -2.19. The third-order valence-electron chi connectivity index (χ3n) is 5.22. The van der Waals surface area contributed by atoms with Crippen LogP contribution >= 0.6 is 0 Å². The maximum absolute atomic E-state index is 12.7. The number of carbonyl (C=O) groups is 2. The summed E-state index contributed by atoms with van der Waals surface area (Å²) < 4.78 is 5.10. The maximum Gasteiger partial charge on any atom is 0.355 e. The van der Waals surface area contributed by atoms with Gasteiger partial charge in [-0.1, -0.05) is 45.0 Å². The van der Waals surface area contributed by atoms with Crippen molar-refractivity contribution in [2.45, 2.75) is 58.8 Å². The first-order valence-corrected chi connectivity index (χ1v) is 9.24. The second-order valence-corrected chi connectivity index (χ2v) is 8.10. The molecule has 0 aliphatic heterocycles. The van der Waals surface area contributed by atoms with Crippen LogP contribution in [0.4, 0.5) is 0 Å². The summed E-state index contributed by atoms with van der Waals surface area (Å²) in [6.45, 7) is 10.5. The summed E-state index contributed by atoms with van der Waals surface area (Å²) in [5.41, 5.74) is 5.21. The number of H-pyrrole nitrogens is 1. The lowest BCUT2D eigenvalue weighted by Gasteiger charge is -2.24. The van der Waals surface area contributed by atoms with Crippen LogP contribution < -0.4 is 0 Å². The fourth-order valence-electron chi connectivity index (χ4n) is 3.73. The molecular weight excluding hydrogens is 326 g/mol. The molecule has 1 aromatic carbocycles. The molecule has 26 heavy (non-hydrogen) atoms. The predicted octanol–water partition coefficient (Wildman–Crippen LogP) is 4.71. The van der Waals surface area contributed by atoms with E-state index in [0.717, 1.165) is 12.1 Å². The summed E-state index contributed by atoms with van der Waals surface area (Å²) >= 11 is 0. The molecule has 0 amide bonds. The highest BCUT2D eigenvalue weighted by molar-refractivity contribution is 6.03. The highest BCUT2D eigenvalue weighted by Crippen LogP contribution is 2.36. The van der Waals surface area contributed by atoms with Crippen LogP contribution in [0.5, 0.6) is 0 Å². The van der Waals surface area contributed by atoms with Crippen LogP contribution in [-0.2, 0) is 16.6 Å². The monoisotopic (exact) mass is 353 g/mol. The van der Waals surface area contributed by atoms with Crippen molar-refractivity contribution in [3.8, 4) is 0 Å². The maximum atomic E-state index is 12.7. The first kappa shape index (κ1) is 18.4. The molecule has 3 rings (SSSR count). The Morgan fingerprint density at radius 2 is 1.85 bits per heavy atom. The summed E-state index contributed by atoms with van der Waals surface area (Å²) in [6, 6.07) is 8.57. The Morgan fingerprint density at radius 3 is 2.42 bits per heavy atom. The van der Waals surface area contributed by atoms with Gasteiger partial charge < -0.3 is 9.72 Å². The van der Waals surface area contributed by atoms with Crippen LogP contribution in [0.25, 0.3) is 0 Å². The molecule has 1 atom stereocenters. The van der Waals surface area contributed by atoms with Crippen LogP contribution in [0.1, 0.15) is 83.3 Å². The number of hydrogen-bond donors (Lipinski definition) is 1. The highest BCUT2D eigenvalue weighted by Gasteiger charge is 2.32. The topological polar surface area (TPSA) is 59.2 Å². The fraction of sp³-hybridized carbons (Fsp3) is 0.455. The molecule has 4 nitrogen and oxygen atoms in total. The number of ether oxygens (including phenoxy) is 1. The van der Waals surface area contributed by atoms with E-state index in [-0.39, 0.29) is 17.1 Å². The van der Waals surface area contributed by atoms with Crippen molar-refractivity contribution in [1.82, 2.24) is 4.98 Å². The number of rotatable bonds is 3. The van der Waals surface area contributed by atoms with Crippen molar-refractivity contribution in [3.63, 3.8) is 0 Å². The summed E-state index contributed by atoms with van der Waals surface area (Å²) in [5, 5.41) is 0. The van der Waals surface area contributed by atoms with Gasteiger partial charge in [0.1, 0.15) is 5.69 Å². The zero-order valence-corrected chi connectivity index (χ0v) is 16.2. The third-order valence-corrected chi connectivity index (χ3v) is 5.22. The van der Waals surface area contributed by atoms with Gasteiger partial charge in [-0.2, -0.15) is 0 Å². The van der Waals surface area contributed by atoms with Gasteiger partial charge in [0.15, 0.2) is 5.78 Å². The first-order valence-electron chi connectivity index (χ1n) is 9.24. The van der Waals surface area contributed by atoms with Gasteiger partial charge in [0.2, 0.25) is 0 Å². The Bertz CT molecular complexity index is 838. The number of aromatic nitrogens is 1. The van der Waals surface area contributed by atoms with E-state index in [2.05, 4.69) is 50.0 Å². The van der Waals surface area contributed by atoms with E-state index in [0.29, 0.717) is 29.8 Å². The Hall–Kier alpha value is -2.36.